The van der Waals surface area contributed by atoms with Gasteiger partial charge in [0.05, 0.1) is 0 Å². The van der Waals surface area contributed by atoms with E-state index in [1.165, 1.54) is 6.07 Å². The van der Waals surface area contributed by atoms with E-state index in [0.29, 0.717) is 11.3 Å². The van der Waals surface area contributed by atoms with E-state index in [4.69, 9.17) is 5.11 Å². The van der Waals surface area contributed by atoms with E-state index in [2.05, 4.69) is 4.72 Å². The Hall–Kier alpha value is -1.86. The summed E-state index contributed by atoms with van der Waals surface area (Å²) >= 11 is 0.751. The third-order valence-corrected chi connectivity index (χ3v) is 6.19. The summed E-state index contributed by atoms with van der Waals surface area (Å²) in [6, 6.07) is 6.62. The van der Waals surface area contributed by atoms with Crippen LogP contribution in [0.5, 0.6) is 0 Å². The van der Waals surface area contributed by atoms with Crippen LogP contribution in [0, 0.1) is 20.8 Å². The minimum atomic E-state index is -3.77. The second-order valence-corrected chi connectivity index (χ2v) is 7.75. The molecule has 7 heteroatoms. The number of anilines is 1. The molecule has 21 heavy (non-hydrogen) atoms. The molecule has 0 aliphatic heterocycles. The quantitative estimate of drug-likeness (QED) is 0.904. The molecule has 2 aromatic rings. The molecule has 0 amide bonds. The van der Waals surface area contributed by atoms with E-state index in [9.17, 15) is 13.2 Å². The minimum Gasteiger partial charge on any atom is -0.477 e. The zero-order chi connectivity index (χ0) is 15.8. The van der Waals surface area contributed by atoms with Gasteiger partial charge < -0.3 is 5.11 Å². The van der Waals surface area contributed by atoms with Crippen LogP contribution < -0.4 is 4.72 Å². The van der Waals surface area contributed by atoms with Gasteiger partial charge in [-0.3, -0.25) is 4.72 Å². The lowest BCUT2D eigenvalue weighted by atomic mass is 10.1. The summed E-state index contributed by atoms with van der Waals surface area (Å²) in [5.41, 5.74) is 2.94. The number of nitrogens with one attached hydrogen (secondary N) is 1. The van der Waals surface area contributed by atoms with Gasteiger partial charge in [0.2, 0.25) is 0 Å². The summed E-state index contributed by atoms with van der Waals surface area (Å²) in [4.78, 5) is 11.0. The molecule has 112 valence electrons. The SMILES string of the molecule is Cc1ccc(NS(=O)(=O)c2cc(C)c(C(=O)O)s2)cc1C. The van der Waals surface area contributed by atoms with Crippen molar-refractivity contribution in [2.45, 2.75) is 25.0 Å². The maximum atomic E-state index is 12.3. The fraction of sp³-hybridized carbons (Fsp3) is 0.214. The van der Waals surface area contributed by atoms with E-state index in [1.807, 2.05) is 19.9 Å². The van der Waals surface area contributed by atoms with Crippen LogP contribution in [0.4, 0.5) is 5.69 Å². The molecule has 0 unspecified atom stereocenters. The number of carboxylic acid groups (broad SMARTS) is 1. The van der Waals surface area contributed by atoms with Gasteiger partial charge in [0.25, 0.3) is 10.0 Å². The molecule has 5 nitrogen and oxygen atoms in total. The fourth-order valence-corrected chi connectivity index (χ4v) is 4.24. The van der Waals surface area contributed by atoms with Crippen LogP contribution in [0.25, 0.3) is 0 Å². The van der Waals surface area contributed by atoms with Crippen molar-refractivity contribution in [1.82, 2.24) is 0 Å². The normalized spacial score (nSPS) is 11.4. The standard InChI is InChI=1S/C14H15NO4S2/c1-8-4-5-11(6-9(8)2)15-21(18,19)12-7-10(3)13(20-12)14(16)17/h4-7,15H,1-3H3,(H,16,17). The largest absolute Gasteiger partial charge is 0.477 e. The first-order valence-corrected chi connectivity index (χ1v) is 8.44. The average molecular weight is 325 g/mol. The average Bonchev–Trinajstić information content (AvgIpc) is 2.77. The number of rotatable bonds is 4. The number of thiophene rings is 1. The fourth-order valence-electron chi connectivity index (χ4n) is 1.81. The van der Waals surface area contributed by atoms with Crippen molar-refractivity contribution < 1.29 is 18.3 Å². The Morgan fingerprint density at radius 2 is 1.76 bits per heavy atom. The third kappa shape index (κ3) is 3.25. The maximum Gasteiger partial charge on any atom is 0.346 e. The minimum absolute atomic E-state index is 0.00405. The first-order chi connectivity index (χ1) is 9.70. The summed E-state index contributed by atoms with van der Waals surface area (Å²) in [6.07, 6.45) is 0. The van der Waals surface area contributed by atoms with E-state index in [1.54, 1.807) is 19.1 Å². The number of sulfonamides is 1. The molecular formula is C14H15NO4S2. The summed E-state index contributed by atoms with van der Waals surface area (Å²) in [7, 11) is -3.77. The Labute approximate surface area is 127 Å². The first kappa shape index (κ1) is 15.5. The Kier molecular flexibility index (Phi) is 4.06. The Balaban J connectivity index is 2.36. The molecule has 0 aliphatic carbocycles. The van der Waals surface area contributed by atoms with Crippen LogP contribution in [0.2, 0.25) is 0 Å². The van der Waals surface area contributed by atoms with Crippen molar-refractivity contribution >= 4 is 33.0 Å². The lowest BCUT2D eigenvalue weighted by Crippen LogP contribution is -2.11. The topological polar surface area (TPSA) is 83.5 Å². The smallest absolute Gasteiger partial charge is 0.346 e. The van der Waals surface area contributed by atoms with Crippen LogP contribution in [-0.4, -0.2) is 19.5 Å². The zero-order valence-corrected chi connectivity index (χ0v) is 13.4. The summed E-state index contributed by atoms with van der Waals surface area (Å²) in [5, 5.41) is 9.00. The molecule has 0 fully saturated rings. The molecule has 2 N–H and O–H groups in total. The number of benzene rings is 1. The van der Waals surface area contributed by atoms with Crippen LogP contribution in [0.1, 0.15) is 26.4 Å². The number of aryl methyl sites for hydroxylation is 3. The highest BCUT2D eigenvalue weighted by atomic mass is 32.2. The summed E-state index contributed by atoms with van der Waals surface area (Å²) in [6.45, 7) is 5.41. The van der Waals surface area contributed by atoms with Crippen LogP contribution in [-0.2, 0) is 10.0 Å². The second-order valence-electron chi connectivity index (χ2n) is 4.79. The van der Waals surface area contributed by atoms with Crippen molar-refractivity contribution in [3.05, 3.63) is 45.8 Å². The molecule has 0 atom stereocenters. The van der Waals surface area contributed by atoms with E-state index >= 15 is 0 Å². The second kappa shape index (κ2) is 5.50. The summed E-state index contributed by atoms with van der Waals surface area (Å²) < 4.78 is 27.1. The van der Waals surface area contributed by atoms with Crippen LogP contribution >= 0.6 is 11.3 Å². The van der Waals surface area contributed by atoms with Gasteiger partial charge in [-0.2, -0.15) is 0 Å². The predicted octanol–water partition coefficient (Wildman–Crippen LogP) is 3.17. The van der Waals surface area contributed by atoms with Crippen molar-refractivity contribution in [3.8, 4) is 0 Å². The molecule has 0 spiro atoms. The number of aromatic carboxylic acids is 1. The lowest BCUT2D eigenvalue weighted by Gasteiger charge is -2.08. The maximum absolute atomic E-state index is 12.3. The van der Waals surface area contributed by atoms with E-state index in [0.717, 1.165) is 22.5 Å². The lowest BCUT2D eigenvalue weighted by molar-refractivity contribution is 0.0701. The van der Waals surface area contributed by atoms with Gasteiger partial charge in [-0.25, -0.2) is 13.2 Å². The Bertz CT molecular complexity index is 806. The van der Waals surface area contributed by atoms with Crippen LogP contribution in [0.15, 0.2) is 28.5 Å². The molecular weight excluding hydrogens is 310 g/mol. The molecule has 0 radical (unpaired) electrons. The van der Waals surface area contributed by atoms with Crippen molar-refractivity contribution in [2.75, 3.05) is 4.72 Å². The number of hydrogen-bond acceptors (Lipinski definition) is 4. The molecule has 1 aromatic carbocycles. The van der Waals surface area contributed by atoms with Crippen LogP contribution in [0.3, 0.4) is 0 Å². The molecule has 0 saturated heterocycles. The number of carbonyl (C=O) groups is 1. The molecule has 0 aliphatic rings. The molecule has 1 aromatic heterocycles. The van der Waals surface area contributed by atoms with Gasteiger partial charge in [0, 0.05) is 5.69 Å². The number of hydrogen-bond donors (Lipinski definition) is 2. The highest BCUT2D eigenvalue weighted by Crippen LogP contribution is 2.28. The molecule has 2 rings (SSSR count). The molecule has 0 bridgehead atoms. The molecule has 1 heterocycles. The Morgan fingerprint density at radius 1 is 1.10 bits per heavy atom. The zero-order valence-electron chi connectivity index (χ0n) is 11.8. The molecule has 0 saturated carbocycles. The van der Waals surface area contributed by atoms with Gasteiger partial charge in [0.15, 0.2) is 0 Å². The van der Waals surface area contributed by atoms with Gasteiger partial charge in [-0.05, 0) is 55.7 Å². The highest BCUT2D eigenvalue weighted by molar-refractivity contribution is 7.94. The third-order valence-electron chi connectivity index (χ3n) is 3.11. The van der Waals surface area contributed by atoms with Gasteiger partial charge in [0.1, 0.15) is 9.09 Å². The Morgan fingerprint density at radius 3 is 2.29 bits per heavy atom. The van der Waals surface area contributed by atoms with Gasteiger partial charge in [-0.1, -0.05) is 6.07 Å². The predicted molar refractivity (Wildman–Crippen MR) is 82.7 cm³/mol. The van der Waals surface area contributed by atoms with E-state index in [-0.39, 0.29) is 9.09 Å². The summed E-state index contributed by atoms with van der Waals surface area (Å²) in [5.74, 6) is -1.12. The van der Waals surface area contributed by atoms with Gasteiger partial charge in [-0.15, -0.1) is 11.3 Å². The highest BCUT2D eigenvalue weighted by Gasteiger charge is 2.21. The number of carboxylic acids is 1. The van der Waals surface area contributed by atoms with Crippen molar-refractivity contribution in [1.29, 1.82) is 0 Å². The van der Waals surface area contributed by atoms with Gasteiger partial charge >= 0.3 is 5.97 Å². The monoisotopic (exact) mass is 325 g/mol. The van der Waals surface area contributed by atoms with Crippen molar-refractivity contribution in [3.63, 3.8) is 0 Å². The van der Waals surface area contributed by atoms with Crippen molar-refractivity contribution in [2.24, 2.45) is 0 Å². The first-order valence-electron chi connectivity index (χ1n) is 6.14. The van der Waals surface area contributed by atoms with E-state index < -0.39 is 16.0 Å².